The molecule has 2 aromatic rings. The first-order chi connectivity index (χ1) is 13.6. The molecule has 1 aliphatic carbocycles. The monoisotopic (exact) mass is 405 g/mol. The average molecular weight is 406 g/mol. The van der Waals surface area contributed by atoms with Crippen molar-refractivity contribution in [1.29, 1.82) is 0 Å². The Morgan fingerprint density at radius 3 is 2.79 bits per heavy atom. The Balaban J connectivity index is 1.67. The van der Waals surface area contributed by atoms with Gasteiger partial charge in [0.2, 0.25) is 11.1 Å². The molecule has 0 aliphatic heterocycles. The summed E-state index contributed by atoms with van der Waals surface area (Å²) in [5.41, 5.74) is 0.657. The zero-order valence-electron chi connectivity index (χ0n) is 16.6. The highest BCUT2D eigenvalue weighted by molar-refractivity contribution is 8.00. The Morgan fingerprint density at radius 2 is 2.07 bits per heavy atom. The van der Waals surface area contributed by atoms with Crippen molar-refractivity contribution in [1.82, 2.24) is 25.5 Å². The van der Waals surface area contributed by atoms with E-state index in [4.69, 9.17) is 9.47 Å². The number of thioether (sulfide) groups is 1. The molecule has 1 amide bonds. The number of carbonyl (C=O) groups is 1. The number of ether oxygens (including phenoxy) is 2. The minimum Gasteiger partial charge on any atom is -0.497 e. The van der Waals surface area contributed by atoms with Crippen LogP contribution in [0.1, 0.15) is 39.0 Å². The van der Waals surface area contributed by atoms with Gasteiger partial charge in [-0.1, -0.05) is 31.0 Å². The molecule has 3 rings (SSSR count). The highest BCUT2D eigenvalue weighted by Crippen LogP contribution is 2.31. The Kier molecular flexibility index (Phi) is 7.13. The fourth-order valence-electron chi connectivity index (χ4n) is 3.36. The van der Waals surface area contributed by atoms with Gasteiger partial charge in [-0.3, -0.25) is 4.79 Å². The number of nitrogens with zero attached hydrogens (tertiary/aromatic N) is 4. The maximum atomic E-state index is 12.5. The Labute approximate surface area is 169 Å². The van der Waals surface area contributed by atoms with Crippen LogP contribution in [0.25, 0.3) is 5.69 Å². The fourth-order valence-corrected chi connectivity index (χ4v) is 4.18. The maximum absolute atomic E-state index is 12.5. The second-order valence-electron chi connectivity index (χ2n) is 6.92. The van der Waals surface area contributed by atoms with Crippen molar-refractivity contribution in [2.24, 2.45) is 5.92 Å². The van der Waals surface area contributed by atoms with E-state index in [2.05, 4.69) is 20.8 Å². The lowest BCUT2D eigenvalue weighted by Gasteiger charge is -2.22. The summed E-state index contributed by atoms with van der Waals surface area (Å²) >= 11 is 1.32. The highest BCUT2D eigenvalue weighted by Gasteiger charge is 2.22. The number of hydrogen-bond acceptors (Lipinski definition) is 7. The molecule has 0 spiro atoms. The molecule has 1 N–H and O–H groups in total. The Morgan fingerprint density at radius 1 is 1.29 bits per heavy atom. The number of aromatic nitrogens is 4. The van der Waals surface area contributed by atoms with Gasteiger partial charge in [-0.15, -0.1) is 5.10 Å². The predicted octanol–water partition coefficient (Wildman–Crippen LogP) is 2.86. The summed E-state index contributed by atoms with van der Waals surface area (Å²) in [5, 5.41) is 15.2. The van der Waals surface area contributed by atoms with E-state index >= 15 is 0 Å². The Hall–Kier alpha value is -2.29. The number of benzene rings is 1. The van der Waals surface area contributed by atoms with Crippen LogP contribution in [0.2, 0.25) is 0 Å². The standard InChI is InChI=1S/C19H27N5O3S/c1-13(18(25)20-12-14-7-5-4-6-8-14)28-19-21-22-23-24(19)16-11-15(26-2)9-10-17(16)27-3/h9-11,13-14H,4-8,12H2,1-3H3,(H,20,25). The first-order valence-electron chi connectivity index (χ1n) is 9.57. The van der Waals surface area contributed by atoms with E-state index in [1.165, 1.54) is 43.9 Å². The first-order valence-corrected chi connectivity index (χ1v) is 10.5. The third-order valence-electron chi connectivity index (χ3n) is 5.00. The minimum atomic E-state index is -0.315. The topological polar surface area (TPSA) is 91.2 Å². The van der Waals surface area contributed by atoms with Crippen LogP contribution in [-0.2, 0) is 4.79 Å². The van der Waals surface area contributed by atoms with Gasteiger partial charge in [-0.25, -0.2) is 0 Å². The molecule has 1 atom stereocenters. The molecule has 1 heterocycles. The lowest BCUT2D eigenvalue weighted by Crippen LogP contribution is -2.35. The zero-order valence-corrected chi connectivity index (χ0v) is 17.4. The molecule has 0 radical (unpaired) electrons. The molecule has 0 saturated heterocycles. The number of methoxy groups -OCH3 is 2. The second-order valence-corrected chi connectivity index (χ2v) is 8.23. The summed E-state index contributed by atoms with van der Waals surface area (Å²) < 4.78 is 12.3. The highest BCUT2D eigenvalue weighted by atomic mass is 32.2. The Bertz CT molecular complexity index is 792. The first kappa shape index (κ1) is 20.4. The van der Waals surface area contributed by atoms with Crippen LogP contribution in [0, 0.1) is 5.92 Å². The van der Waals surface area contributed by atoms with Crippen LogP contribution in [0.5, 0.6) is 11.5 Å². The van der Waals surface area contributed by atoms with Crippen molar-refractivity contribution >= 4 is 17.7 Å². The third-order valence-corrected chi connectivity index (χ3v) is 6.03. The zero-order chi connectivity index (χ0) is 19.9. The number of tetrazole rings is 1. The van der Waals surface area contributed by atoms with E-state index in [1.54, 1.807) is 37.1 Å². The fraction of sp³-hybridized carbons (Fsp3) is 0.579. The van der Waals surface area contributed by atoms with Crippen molar-refractivity contribution < 1.29 is 14.3 Å². The van der Waals surface area contributed by atoms with Gasteiger partial charge in [-0.2, -0.15) is 4.68 Å². The molecule has 1 aliphatic rings. The lowest BCUT2D eigenvalue weighted by atomic mass is 9.89. The van der Waals surface area contributed by atoms with Gasteiger partial charge in [-0.05, 0) is 48.2 Å². The van der Waals surface area contributed by atoms with Crippen molar-refractivity contribution in [3.63, 3.8) is 0 Å². The van der Waals surface area contributed by atoms with E-state index in [0.29, 0.717) is 28.3 Å². The summed E-state index contributed by atoms with van der Waals surface area (Å²) in [6, 6.07) is 5.40. The van der Waals surface area contributed by atoms with E-state index in [0.717, 1.165) is 6.54 Å². The molecule has 1 saturated carbocycles. The molecule has 1 aromatic carbocycles. The molecule has 8 nitrogen and oxygen atoms in total. The lowest BCUT2D eigenvalue weighted by molar-refractivity contribution is -0.120. The molecule has 0 bridgehead atoms. The number of nitrogens with one attached hydrogen (secondary N) is 1. The number of hydrogen-bond donors (Lipinski definition) is 1. The molecule has 152 valence electrons. The largest absolute Gasteiger partial charge is 0.497 e. The van der Waals surface area contributed by atoms with E-state index in [9.17, 15) is 4.79 Å². The van der Waals surface area contributed by atoms with Crippen LogP contribution in [-0.4, -0.2) is 52.1 Å². The van der Waals surface area contributed by atoms with Crippen molar-refractivity contribution in [2.45, 2.75) is 49.4 Å². The van der Waals surface area contributed by atoms with Gasteiger partial charge >= 0.3 is 0 Å². The predicted molar refractivity (Wildman–Crippen MR) is 107 cm³/mol. The molecule has 1 aromatic heterocycles. The van der Waals surface area contributed by atoms with Gasteiger partial charge < -0.3 is 14.8 Å². The molecular weight excluding hydrogens is 378 g/mol. The van der Waals surface area contributed by atoms with Gasteiger partial charge in [0.25, 0.3) is 0 Å². The van der Waals surface area contributed by atoms with Crippen molar-refractivity contribution in [2.75, 3.05) is 20.8 Å². The number of amides is 1. The SMILES string of the molecule is COc1ccc(OC)c(-n2nnnc2SC(C)C(=O)NCC2CCCCC2)c1. The van der Waals surface area contributed by atoms with Crippen molar-refractivity contribution in [3.8, 4) is 17.2 Å². The summed E-state index contributed by atoms with van der Waals surface area (Å²) in [6.45, 7) is 2.61. The summed E-state index contributed by atoms with van der Waals surface area (Å²) in [5.74, 6) is 1.88. The second kappa shape index (κ2) is 9.77. The van der Waals surface area contributed by atoms with Gasteiger partial charge in [0, 0.05) is 12.6 Å². The normalized spacial score (nSPS) is 15.8. The van der Waals surface area contributed by atoms with Crippen LogP contribution in [0.15, 0.2) is 23.4 Å². The van der Waals surface area contributed by atoms with Crippen LogP contribution in [0.3, 0.4) is 0 Å². The van der Waals surface area contributed by atoms with Gasteiger partial charge in [0.15, 0.2) is 0 Å². The number of carbonyl (C=O) groups excluding carboxylic acids is 1. The van der Waals surface area contributed by atoms with Gasteiger partial charge in [0.1, 0.15) is 17.2 Å². The van der Waals surface area contributed by atoms with Crippen LogP contribution < -0.4 is 14.8 Å². The van der Waals surface area contributed by atoms with Crippen LogP contribution >= 0.6 is 11.8 Å². The maximum Gasteiger partial charge on any atom is 0.233 e. The average Bonchev–Trinajstić information content (AvgIpc) is 3.20. The summed E-state index contributed by atoms with van der Waals surface area (Å²) in [6.07, 6.45) is 6.25. The van der Waals surface area contributed by atoms with E-state index in [-0.39, 0.29) is 11.2 Å². The number of rotatable bonds is 8. The van der Waals surface area contributed by atoms with E-state index < -0.39 is 0 Å². The minimum absolute atomic E-state index is 0.00253. The molecule has 1 fully saturated rings. The molecule has 9 heteroatoms. The summed E-state index contributed by atoms with van der Waals surface area (Å²) in [7, 11) is 3.18. The van der Waals surface area contributed by atoms with Gasteiger partial charge in [0.05, 0.1) is 19.5 Å². The summed E-state index contributed by atoms with van der Waals surface area (Å²) in [4.78, 5) is 12.5. The third kappa shape index (κ3) is 4.95. The van der Waals surface area contributed by atoms with Crippen molar-refractivity contribution in [3.05, 3.63) is 18.2 Å². The smallest absolute Gasteiger partial charge is 0.233 e. The quantitative estimate of drug-likeness (QED) is 0.675. The van der Waals surface area contributed by atoms with E-state index in [1.807, 2.05) is 6.92 Å². The molecule has 1 unspecified atom stereocenters. The molecular formula is C19H27N5O3S. The molecule has 28 heavy (non-hydrogen) atoms. The van der Waals surface area contributed by atoms with Crippen LogP contribution in [0.4, 0.5) is 0 Å².